The van der Waals surface area contributed by atoms with Gasteiger partial charge in [0.1, 0.15) is 0 Å². The zero-order valence-electron chi connectivity index (χ0n) is 7.58. The first-order valence-corrected chi connectivity index (χ1v) is 4.14. The summed E-state index contributed by atoms with van der Waals surface area (Å²) in [5.41, 5.74) is 0. The third kappa shape index (κ3) is 5.09. The summed E-state index contributed by atoms with van der Waals surface area (Å²) >= 11 is 0. The first-order valence-electron chi connectivity index (χ1n) is 4.14. The molecule has 0 heterocycles. The Hall–Kier alpha value is -0.610. The molecule has 0 aliphatic heterocycles. The number of aliphatic hydroxyl groups excluding tert-OH is 1. The van der Waals surface area contributed by atoms with Crippen LogP contribution < -0.4 is 0 Å². The molecule has 0 aliphatic carbocycles. The number of ether oxygens (including phenoxy) is 2. The van der Waals surface area contributed by atoms with Gasteiger partial charge in [0.15, 0.2) is 12.9 Å². The second-order valence-electron chi connectivity index (χ2n) is 2.38. The minimum absolute atomic E-state index is 0.0733. The van der Waals surface area contributed by atoms with Crippen LogP contribution >= 0.6 is 0 Å². The zero-order chi connectivity index (χ0) is 9.40. The maximum Gasteiger partial charge on any atom is 0.337 e. The summed E-state index contributed by atoms with van der Waals surface area (Å²) in [5, 5.41) is 9.09. The molecule has 0 bridgehead atoms. The third-order valence-corrected chi connectivity index (χ3v) is 1.32. The SMILES string of the molecule is CCCC(O)C(=O)OCOCC. The Balaban J connectivity index is 3.43. The van der Waals surface area contributed by atoms with E-state index in [0.29, 0.717) is 13.0 Å². The van der Waals surface area contributed by atoms with Crippen molar-refractivity contribution in [1.82, 2.24) is 0 Å². The minimum Gasteiger partial charge on any atom is -0.437 e. The molecule has 0 aliphatic rings. The van der Waals surface area contributed by atoms with E-state index in [1.807, 2.05) is 6.92 Å². The van der Waals surface area contributed by atoms with Crippen molar-refractivity contribution in [1.29, 1.82) is 0 Å². The summed E-state index contributed by atoms with van der Waals surface area (Å²) in [7, 11) is 0. The van der Waals surface area contributed by atoms with E-state index in [4.69, 9.17) is 9.84 Å². The van der Waals surface area contributed by atoms with Crippen LogP contribution in [0.5, 0.6) is 0 Å². The highest BCUT2D eigenvalue weighted by molar-refractivity contribution is 5.74. The second kappa shape index (κ2) is 7.06. The largest absolute Gasteiger partial charge is 0.437 e. The molecule has 1 atom stereocenters. The zero-order valence-corrected chi connectivity index (χ0v) is 7.58. The highest BCUT2D eigenvalue weighted by Crippen LogP contribution is 1.98. The van der Waals surface area contributed by atoms with Crippen LogP contribution in [0.1, 0.15) is 26.7 Å². The Morgan fingerprint density at radius 2 is 2.17 bits per heavy atom. The van der Waals surface area contributed by atoms with Crippen LogP contribution in [0.25, 0.3) is 0 Å². The van der Waals surface area contributed by atoms with Gasteiger partial charge in [-0.2, -0.15) is 0 Å². The normalized spacial score (nSPS) is 12.6. The van der Waals surface area contributed by atoms with Gasteiger partial charge in [-0.25, -0.2) is 4.79 Å². The fraction of sp³-hybridized carbons (Fsp3) is 0.875. The topological polar surface area (TPSA) is 55.8 Å². The second-order valence-corrected chi connectivity index (χ2v) is 2.38. The van der Waals surface area contributed by atoms with Crippen LogP contribution in [0.2, 0.25) is 0 Å². The molecular formula is C8H16O4. The molecule has 4 heteroatoms. The fourth-order valence-corrected chi connectivity index (χ4v) is 0.671. The average molecular weight is 176 g/mol. The van der Waals surface area contributed by atoms with Crippen molar-refractivity contribution in [3.8, 4) is 0 Å². The van der Waals surface area contributed by atoms with Crippen molar-refractivity contribution in [2.45, 2.75) is 32.8 Å². The molecule has 1 unspecified atom stereocenters. The Labute approximate surface area is 72.5 Å². The van der Waals surface area contributed by atoms with Crippen molar-refractivity contribution in [2.75, 3.05) is 13.4 Å². The van der Waals surface area contributed by atoms with Crippen LogP contribution in [0, 0.1) is 0 Å². The molecule has 0 fully saturated rings. The lowest BCUT2D eigenvalue weighted by molar-refractivity contribution is -0.166. The lowest BCUT2D eigenvalue weighted by Crippen LogP contribution is -2.23. The predicted octanol–water partition coefficient (Wildman–Crippen LogP) is 0.685. The third-order valence-electron chi connectivity index (χ3n) is 1.32. The highest BCUT2D eigenvalue weighted by Gasteiger charge is 2.14. The van der Waals surface area contributed by atoms with E-state index >= 15 is 0 Å². The number of carbonyl (C=O) groups excluding carboxylic acids is 1. The van der Waals surface area contributed by atoms with Crippen molar-refractivity contribution >= 4 is 5.97 Å². The van der Waals surface area contributed by atoms with Gasteiger partial charge < -0.3 is 14.6 Å². The van der Waals surface area contributed by atoms with E-state index < -0.39 is 12.1 Å². The highest BCUT2D eigenvalue weighted by atomic mass is 16.7. The van der Waals surface area contributed by atoms with Gasteiger partial charge in [0, 0.05) is 6.61 Å². The van der Waals surface area contributed by atoms with E-state index in [2.05, 4.69) is 4.74 Å². The minimum atomic E-state index is -1.00. The van der Waals surface area contributed by atoms with Crippen LogP contribution in [0.3, 0.4) is 0 Å². The summed E-state index contributed by atoms with van der Waals surface area (Å²) in [6.07, 6.45) is 0.186. The monoisotopic (exact) mass is 176 g/mol. The quantitative estimate of drug-likeness (QED) is 0.367. The molecule has 0 aromatic rings. The molecule has 1 N–H and O–H groups in total. The smallest absolute Gasteiger partial charge is 0.337 e. The molecule has 0 saturated heterocycles. The summed E-state index contributed by atoms with van der Waals surface area (Å²) in [6, 6.07) is 0. The van der Waals surface area contributed by atoms with Gasteiger partial charge in [-0.3, -0.25) is 0 Å². The van der Waals surface area contributed by atoms with Crippen LogP contribution in [0.15, 0.2) is 0 Å². The first-order chi connectivity index (χ1) is 5.72. The summed E-state index contributed by atoms with van der Waals surface area (Å²) in [4.78, 5) is 10.9. The van der Waals surface area contributed by atoms with Gasteiger partial charge in [-0.1, -0.05) is 13.3 Å². The molecule has 0 rings (SSSR count). The molecule has 0 spiro atoms. The summed E-state index contributed by atoms with van der Waals surface area (Å²) in [5.74, 6) is -0.606. The summed E-state index contributed by atoms with van der Waals surface area (Å²) < 4.78 is 9.36. The van der Waals surface area contributed by atoms with Crippen molar-refractivity contribution < 1.29 is 19.4 Å². The molecule has 0 aromatic heterocycles. The maximum atomic E-state index is 10.9. The number of hydrogen-bond acceptors (Lipinski definition) is 4. The van der Waals surface area contributed by atoms with Crippen molar-refractivity contribution in [2.24, 2.45) is 0 Å². The Morgan fingerprint density at radius 1 is 1.50 bits per heavy atom. The van der Waals surface area contributed by atoms with E-state index in [9.17, 15) is 4.79 Å². The van der Waals surface area contributed by atoms with Crippen LogP contribution in [-0.2, 0) is 14.3 Å². The van der Waals surface area contributed by atoms with E-state index in [1.165, 1.54) is 0 Å². The van der Waals surface area contributed by atoms with Crippen molar-refractivity contribution in [3.05, 3.63) is 0 Å². The lowest BCUT2D eigenvalue weighted by Gasteiger charge is -2.08. The Kier molecular flexibility index (Phi) is 6.70. The molecule has 0 amide bonds. The molecule has 0 saturated carbocycles. The standard InChI is InChI=1S/C8H16O4/c1-3-5-7(9)8(10)12-6-11-4-2/h7,9H,3-6H2,1-2H3. The summed E-state index contributed by atoms with van der Waals surface area (Å²) in [6.45, 7) is 4.11. The average Bonchev–Trinajstić information content (AvgIpc) is 2.05. The Bertz CT molecular complexity index is 124. The van der Waals surface area contributed by atoms with Gasteiger partial charge in [0.2, 0.25) is 0 Å². The van der Waals surface area contributed by atoms with E-state index in [0.717, 1.165) is 6.42 Å². The predicted molar refractivity (Wildman–Crippen MR) is 43.5 cm³/mol. The van der Waals surface area contributed by atoms with E-state index in [1.54, 1.807) is 6.92 Å². The Morgan fingerprint density at radius 3 is 2.67 bits per heavy atom. The molecular weight excluding hydrogens is 160 g/mol. The first kappa shape index (κ1) is 11.4. The van der Waals surface area contributed by atoms with Gasteiger partial charge in [0.05, 0.1) is 0 Å². The lowest BCUT2D eigenvalue weighted by atomic mass is 10.2. The fourth-order valence-electron chi connectivity index (χ4n) is 0.671. The molecule has 4 nitrogen and oxygen atoms in total. The molecule has 72 valence electrons. The van der Waals surface area contributed by atoms with Gasteiger partial charge in [-0.15, -0.1) is 0 Å². The number of rotatable bonds is 6. The number of carbonyl (C=O) groups is 1. The number of hydrogen-bond donors (Lipinski definition) is 1. The van der Waals surface area contributed by atoms with Gasteiger partial charge in [0.25, 0.3) is 0 Å². The van der Waals surface area contributed by atoms with Crippen LogP contribution in [-0.4, -0.2) is 30.6 Å². The maximum absolute atomic E-state index is 10.9. The van der Waals surface area contributed by atoms with E-state index in [-0.39, 0.29) is 6.79 Å². The van der Waals surface area contributed by atoms with Gasteiger partial charge in [-0.05, 0) is 13.3 Å². The number of esters is 1. The number of aliphatic hydroxyl groups is 1. The van der Waals surface area contributed by atoms with Gasteiger partial charge >= 0.3 is 5.97 Å². The molecule has 0 aromatic carbocycles. The van der Waals surface area contributed by atoms with Crippen LogP contribution in [0.4, 0.5) is 0 Å². The molecule has 0 radical (unpaired) electrons. The molecule has 12 heavy (non-hydrogen) atoms. The van der Waals surface area contributed by atoms with Crippen molar-refractivity contribution in [3.63, 3.8) is 0 Å².